The minimum absolute atomic E-state index is 0.00548. The maximum atomic E-state index is 12.7. The number of carbonyl (C=O) groups excluding carboxylic acids is 3. The van der Waals surface area contributed by atoms with E-state index in [1.165, 1.54) is 38.1 Å². The van der Waals surface area contributed by atoms with Crippen molar-refractivity contribution in [3.8, 4) is 0 Å². The zero-order valence-corrected chi connectivity index (χ0v) is 16.1. The van der Waals surface area contributed by atoms with E-state index < -0.39 is 23.6 Å². The fourth-order valence-corrected chi connectivity index (χ4v) is 2.37. The number of anilines is 2. The van der Waals surface area contributed by atoms with Gasteiger partial charge in [0.25, 0.3) is 5.91 Å². The molecule has 0 saturated carbocycles. The molecule has 0 heterocycles. The van der Waals surface area contributed by atoms with Crippen LogP contribution >= 0.6 is 0 Å². The first-order valence-corrected chi connectivity index (χ1v) is 8.73. The van der Waals surface area contributed by atoms with Crippen LogP contribution in [0.1, 0.15) is 36.2 Å². The largest absolute Gasteiger partial charge is 0.416 e. The van der Waals surface area contributed by atoms with Crippen molar-refractivity contribution in [1.82, 2.24) is 5.43 Å². The van der Waals surface area contributed by atoms with Crippen molar-refractivity contribution >= 4 is 34.8 Å². The van der Waals surface area contributed by atoms with Crippen LogP contribution in [0.2, 0.25) is 0 Å². The highest BCUT2D eigenvalue weighted by Crippen LogP contribution is 2.30. The summed E-state index contributed by atoms with van der Waals surface area (Å²) in [6.45, 7) is 2.85. The van der Waals surface area contributed by atoms with Crippen LogP contribution in [0.3, 0.4) is 0 Å². The Balaban J connectivity index is 1.91. The van der Waals surface area contributed by atoms with E-state index in [9.17, 15) is 27.6 Å². The van der Waals surface area contributed by atoms with E-state index in [1.807, 2.05) is 0 Å². The summed E-state index contributed by atoms with van der Waals surface area (Å²) < 4.78 is 38.2. The lowest BCUT2D eigenvalue weighted by atomic mass is 10.2. The van der Waals surface area contributed by atoms with Gasteiger partial charge in [-0.15, -0.1) is 0 Å². The molecular weight excluding hydrogens is 401 g/mol. The third-order valence-electron chi connectivity index (χ3n) is 3.71. The molecule has 7 nitrogen and oxygen atoms in total. The number of hydrogen-bond acceptors (Lipinski definition) is 4. The highest BCUT2D eigenvalue weighted by Gasteiger charge is 2.30. The minimum Gasteiger partial charge on any atom is -0.326 e. The van der Waals surface area contributed by atoms with Crippen LogP contribution < -0.4 is 16.1 Å². The van der Waals surface area contributed by atoms with Crippen molar-refractivity contribution in [1.29, 1.82) is 0 Å². The van der Waals surface area contributed by atoms with Crippen molar-refractivity contribution in [2.45, 2.75) is 26.4 Å². The zero-order chi connectivity index (χ0) is 22.3. The van der Waals surface area contributed by atoms with Crippen molar-refractivity contribution in [3.63, 3.8) is 0 Å². The summed E-state index contributed by atoms with van der Waals surface area (Å²) in [6.07, 6.45) is -4.74. The predicted octanol–water partition coefficient (Wildman–Crippen LogP) is 3.80. The van der Waals surface area contributed by atoms with Crippen LogP contribution in [0.25, 0.3) is 0 Å². The molecule has 0 radical (unpaired) electrons. The number of nitrogens with one attached hydrogen (secondary N) is 3. The summed E-state index contributed by atoms with van der Waals surface area (Å²) in [6, 6.07) is 10.3. The summed E-state index contributed by atoms with van der Waals surface area (Å²) in [5.74, 6) is -1.35. The zero-order valence-electron chi connectivity index (χ0n) is 16.1. The van der Waals surface area contributed by atoms with Gasteiger partial charge in [0.15, 0.2) is 0 Å². The second-order valence-electron chi connectivity index (χ2n) is 6.35. The number of nitrogens with zero attached hydrogens (tertiary/aromatic N) is 1. The van der Waals surface area contributed by atoms with E-state index in [4.69, 9.17) is 0 Å². The van der Waals surface area contributed by atoms with Gasteiger partial charge in [-0.05, 0) is 49.4 Å². The summed E-state index contributed by atoms with van der Waals surface area (Å²) in [5.41, 5.74) is 2.49. The Morgan fingerprint density at radius 3 is 2.20 bits per heavy atom. The van der Waals surface area contributed by atoms with E-state index in [0.29, 0.717) is 5.69 Å². The molecule has 3 amide bonds. The minimum atomic E-state index is -4.51. The monoisotopic (exact) mass is 420 g/mol. The lowest BCUT2D eigenvalue weighted by Gasteiger charge is -2.10. The molecule has 2 aromatic carbocycles. The highest BCUT2D eigenvalue weighted by atomic mass is 19.4. The molecule has 0 aliphatic carbocycles. The summed E-state index contributed by atoms with van der Waals surface area (Å²) in [4.78, 5) is 35.1. The molecule has 0 aromatic heterocycles. The third kappa shape index (κ3) is 7.04. The van der Waals surface area contributed by atoms with Gasteiger partial charge in [-0.1, -0.05) is 6.07 Å². The molecule has 0 spiro atoms. The van der Waals surface area contributed by atoms with Gasteiger partial charge < -0.3 is 10.6 Å². The number of hydrazone groups is 1. The summed E-state index contributed by atoms with van der Waals surface area (Å²) in [5, 5.41) is 8.74. The Hall–Kier alpha value is -3.69. The van der Waals surface area contributed by atoms with Crippen LogP contribution in [0.4, 0.5) is 24.5 Å². The fraction of sp³-hybridized carbons (Fsp3) is 0.200. The second-order valence-corrected chi connectivity index (χ2v) is 6.35. The number of halogens is 3. The second kappa shape index (κ2) is 9.68. The Labute approximate surface area is 170 Å². The third-order valence-corrected chi connectivity index (χ3v) is 3.71. The normalized spacial score (nSPS) is 11.6. The smallest absolute Gasteiger partial charge is 0.326 e. The average molecular weight is 420 g/mol. The van der Waals surface area contributed by atoms with Gasteiger partial charge in [-0.25, -0.2) is 5.43 Å². The van der Waals surface area contributed by atoms with Crippen LogP contribution in [0.15, 0.2) is 53.6 Å². The number of hydrogen-bond donors (Lipinski definition) is 3. The van der Waals surface area contributed by atoms with Gasteiger partial charge in [-0.2, -0.15) is 18.3 Å². The van der Waals surface area contributed by atoms with Crippen LogP contribution in [-0.2, 0) is 15.8 Å². The van der Waals surface area contributed by atoms with Gasteiger partial charge in [0.05, 0.1) is 12.0 Å². The summed E-state index contributed by atoms with van der Waals surface area (Å²) in [7, 11) is 0. The van der Waals surface area contributed by atoms with Gasteiger partial charge >= 0.3 is 6.18 Å². The van der Waals surface area contributed by atoms with E-state index >= 15 is 0 Å². The van der Waals surface area contributed by atoms with Crippen molar-refractivity contribution in [3.05, 3.63) is 59.7 Å². The Morgan fingerprint density at radius 2 is 1.60 bits per heavy atom. The first-order valence-electron chi connectivity index (χ1n) is 8.73. The molecule has 158 valence electrons. The number of amides is 3. The molecule has 10 heteroatoms. The topological polar surface area (TPSA) is 99.7 Å². The standard InChI is InChI=1S/C20H19F3N4O3/c1-12(10-18(29)25-17-5-3-4-15(11-17)20(21,22)23)26-27-19(30)14-6-8-16(9-7-14)24-13(2)28/h3-9,11H,10H2,1-2H3,(H,24,28)(H,25,29)(H,27,30)/b26-12+. The molecule has 0 unspecified atom stereocenters. The Kier molecular flexibility index (Phi) is 7.29. The molecule has 2 rings (SSSR count). The van der Waals surface area contributed by atoms with Crippen molar-refractivity contribution < 1.29 is 27.6 Å². The molecule has 0 aliphatic heterocycles. The SMILES string of the molecule is CC(=O)Nc1ccc(C(=O)N/N=C(\C)CC(=O)Nc2cccc(C(F)(F)F)c2)cc1. The number of rotatable bonds is 6. The maximum absolute atomic E-state index is 12.7. The molecule has 0 fully saturated rings. The van der Waals surface area contributed by atoms with E-state index in [-0.39, 0.29) is 29.3 Å². The Morgan fingerprint density at radius 1 is 0.933 bits per heavy atom. The number of benzene rings is 2. The van der Waals surface area contributed by atoms with Crippen molar-refractivity contribution in [2.24, 2.45) is 5.10 Å². The first-order chi connectivity index (χ1) is 14.0. The van der Waals surface area contributed by atoms with E-state index in [1.54, 1.807) is 12.1 Å². The van der Waals surface area contributed by atoms with Gasteiger partial charge in [0.2, 0.25) is 11.8 Å². The molecule has 3 N–H and O–H groups in total. The molecule has 0 saturated heterocycles. The number of carbonyl (C=O) groups is 3. The molecule has 2 aromatic rings. The lowest BCUT2D eigenvalue weighted by molar-refractivity contribution is -0.137. The van der Waals surface area contributed by atoms with E-state index in [0.717, 1.165) is 12.1 Å². The number of alkyl halides is 3. The molecule has 0 atom stereocenters. The van der Waals surface area contributed by atoms with E-state index in [2.05, 4.69) is 21.2 Å². The van der Waals surface area contributed by atoms with Gasteiger partial charge in [0.1, 0.15) is 0 Å². The maximum Gasteiger partial charge on any atom is 0.416 e. The average Bonchev–Trinajstić information content (AvgIpc) is 2.65. The lowest BCUT2D eigenvalue weighted by Crippen LogP contribution is -2.21. The summed E-state index contributed by atoms with van der Waals surface area (Å²) >= 11 is 0. The van der Waals surface area contributed by atoms with Crippen molar-refractivity contribution in [2.75, 3.05) is 10.6 Å². The first kappa shape index (κ1) is 22.6. The highest BCUT2D eigenvalue weighted by molar-refractivity contribution is 6.06. The Bertz CT molecular complexity index is 970. The molecule has 30 heavy (non-hydrogen) atoms. The molecule has 0 bridgehead atoms. The fourth-order valence-electron chi connectivity index (χ4n) is 2.37. The van der Waals surface area contributed by atoms with Gasteiger partial charge in [-0.3, -0.25) is 14.4 Å². The molecule has 0 aliphatic rings. The quantitative estimate of drug-likeness (QED) is 0.490. The molecular formula is C20H19F3N4O3. The van der Waals surface area contributed by atoms with Crippen LogP contribution in [0, 0.1) is 0 Å². The van der Waals surface area contributed by atoms with Crippen LogP contribution in [0.5, 0.6) is 0 Å². The predicted molar refractivity (Wildman–Crippen MR) is 106 cm³/mol. The van der Waals surface area contributed by atoms with Gasteiger partial charge in [0, 0.05) is 29.6 Å². The van der Waals surface area contributed by atoms with Crippen LogP contribution in [-0.4, -0.2) is 23.4 Å².